The Hall–Kier alpha value is -1.36. The van der Waals surface area contributed by atoms with Gasteiger partial charge in [0.05, 0.1) is 5.56 Å². The third kappa shape index (κ3) is 5.03. The molecule has 0 saturated heterocycles. The van der Waals surface area contributed by atoms with Crippen molar-refractivity contribution in [2.24, 2.45) is 0 Å². The number of benzene rings is 1. The molecule has 0 fully saturated rings. The van der Waals surface area contributed by atoms with Crippen molar-refractivity contribution in [3.63, 3.8) is 0 Å². The average molecular weight is 292 g/mol. The fourth-order valence-electron chi connectivity index (χ4n) is 1.52. The number of carbonyl (C=O) groups excluding carboxylic acids is 1. The van der Waals surface area contributed by atoms with Gasteiger partial charge >= 0.3 is 6.61 Å². The minimum atomic E-state index is -2.96. The number of amides is 1. The summed E-state index contributed by atoms with van der Waals surface area (Å²) in [6.45, 7) is -0.678. The van der Waals surface area contributed by atoms with Crippen molar-refractivity contribution in [3.8, 4) is 5.75 Å². The van der Waals surface area contributed by atoms with E-state index in [4.69, 9.17) is 11.6 Å². The molecule has 0 aliphatic carbocycles. The van der Waals surface area contributed by atoms with Gasteiger partial charge in [-0.2, -0.15) is 8.78 Å². The number of hydrogen-bond donors (Lipinski definition) is 0. The normalized spacial score (nSPS) is 12.3. The van der Waals surface area contributed by atoms with Gasteiger partial charge in [0.15, 0.2) is 0 Å². The van der Waals surface area contributed by atoms with Gasteiger partial charge in [-0.1, -0.05) is 12.1 Å². The zero-order valence-electron chi connectivity index (χ0n) is 10.8. The smallest absolute Gasteiger partial charge is 0.387 e. The largest absolute Gasteiger partial charge is 0.434 e. The van der Waals surface area contributed by atoms with Gasteiger partial charge in [0.25, 0.3) is 5.91 Å². The molecule has 1 unspecified atom stereocenters. The quantitative estimate of drug-likeness (QED) is 0.752. The van der Waals surface area contributed by atoms with Crippen LogP contribution in [0.5, 0.6) is 5.75 Å². The van der Waals surface area contributed by atoms with E-state index >= 15 is 0 Å². The summed E-state index contributed by atoms with van der Waals surface area (Å²) in [5.41, 5.74) is 0.118. The van der Waals surface area contributed by atoms with Gasteiger partial charge in [-0.3, -0.25) is 4.79 Å². The molecule has 1 atom stereocenters. The van der Waals surface area contributed by atoms with Crippen LogP contribution in [0.25, 0.3) is 0 Å². The molecule has 0 aromatic heterocycles. The number of halogens is 3. The van der Waals surface area contributed by atoms with E-state index in [9.17, 15) is 13.6 Å². The Morgan fingerprint density at radius 2 is 2.05 bits per heavy atom. The highest BCUT2D eigenvalue weighted by Gasteiger charge is 2.18. The highest BCUT2D eigenvalue weighted by molar-refractivity contribution is 6.20. The van der Waals surface area contributed by atoms with E-state index < -0.39 is 6.61 Å². The highest BCUT2D eigenvalue weighted by atomic mass is 35.5. The van der Waals surface area contributed by atoms with Crippen molar-refractivity contribution < 1.29 is 18.3 Å². The van der Waals surface area contributed by atoms with E-state index in [1.54, 1.807) is 13.1 Å². The molecule has 0 aliphatic rings. The van der Waals surface area contributed by atoms with E-state index in [0.29, 0.717) is 13.0 Å². The SMILES string of the molecule is CC(Cl)CCN(C)C(=O)c1ccccc1OC(F)F. The van der Waals surface area contributed by atoms with Crippen LogP contribution in [0.4, 0.5) is 8.78 Å². The molecule has 0 radical (unpaired) electrons. The average Bonchev–Trinajstić information content (AvgIpc) is 2.35. The second kappa shape index (κ2) is 7.28. The molecule has 0 aliphatic heterocycles. The Bertz CT molecular complexity index is 427. The van der Waals surface area contributed by atoms with Crippen LogP contribution in [0, 0.1) is 0 Å². The first-order chi connectivity index (χ1) is 8.91. The highest BCUT2D eigenvalue weighted by Crippen LogP contribution is 2.21. The fraction of sp³-hybridized carbons (Fsp3) is 0.462. The molecule has 6 heteroatoms. The molecule has 1 aromatic carbocycles. The summed E-state index contributed by atoms with van der Waals surface area (Å²) in [5, 5.41) is -0.0530. The zero-order chi connectivity index (χ0) is 14.4. The molecule has 0 N–H and O–H groups in total. The van der Waals surface area contributed by atoms with Crippen molar-refractivity contribution in [2.75, 3.05) is 13.6 Å². The monoisotopic (exact) mass is 291 g/mol. The number of para-hydroxylation sites is 1. The Balaban J connectivity index is 2.80. The second-order valence-corrected chi connectivity index (χ2v) is 4.92. The van der Waals surface area contributed by atoms with E-state index in [2.05, 4.69) is 4.74 Å². The Kier molecular flexibility index (Phi) is 6.02. The van der Waals surface area contributed by atoms with E-state index in [1.165, 1.54) is 23.1 Å². The van der Waals surface area contributed by atoms with Gasteiger partial charge in [-0.25, -0.2) is 0 Å². The van der Waals surface area contributed by atoms with E-state index in [1.807, 2.05) is 6.92 Å². The van der Waals surface area contributed by atoms with Crippen LogP contribution in [-0.4, -0.2) is 36.4 Å². The first-order valence-electron chi connectivity index (χ1n) is 5.85. The van der Waals surface area contributed by atoms with Crippen LogP contribution >= 0.6 is 11.6 Å². The van der Waals surface area contributed by atoms with Crippen LogP contribution in [0.15, 0.2) is 24.3 Å². The first kappa shape index (κ1) is 15.7. The van der Waals surface area contributed by atoms with Crippen molar-refractivity contribution >= 4 is 17.5 Å². The van der Waals surface area contributed by atoms with E-state index in [-0.39, 0.29) is 22.6 Å². The summed E-state index contributed by atoms with van der Waals surface area (Å²) in [6, 6.07) is 5.94. The molecule has 0 bridgehead atoms. The molecule has 1 amide bonds. The number of alkyl halides is 3. The van der Waals surface area contributed by atoms with Gasteiger partial charge in [-0.15, -0.1) is 11.6 Å². The molecule has 0 saturated carbocycles. The van der Waals surface area contributed by atoms with Crippen LogP contribution in [0.3, 0.4) is 0 Å². The van der Waals surface area contributed by atoms with Crippen LogP contribution in [0.1, 0.15) is 23.7 Å². The number of rotatable bonds is 6. The van der Waals surface area contributed by atoms with Crippen molar-refractivity contribution in [1.82, 2.24) is 4.90 Å². The maximum Gasteiger partial charge on any atom is 0.387 e. The second-order valence-electron chi connectivity index (χ2n) is 4.17. The van der Waals surface area contributed by atoms with Crippen molar-refractivity contribution in [3.05, 3.63) is 29.8 Å². The van der Waals surface area contributed by atoms with Gasteiger partial charge in [0.1, 0.15) is 5.75 Å². The third-order valence-electron chi connectivity index (χ3n) is 2.54. The summed E-state index contributed by atoms with van der Waals surface area (Å²) in [4.78, 5) is 13.6. The Morgan fingerprint density at radius 1 is 1.42 bits per heavy atom. The summed E-state index contributed by atoms with van der Waals surface area (Å²) < 4.78 is 28.8. The number of hydrogen-bond acceptors (Lipinski definition) is 2. The summed E-state index contributed by atoms with van der Waals surface area (Å²) >= 11 is 5.81. The summed E-state index contributed by atoms with van der Waals surface area (Å²) in [6.07, 6.45) is 0.627. The lowest BCUT2D eigenvalue weighted by Gasteiger charge is -2.19. The zero-order valence-corrected chi connectivity index (χ0v) is 11.5. The third-order valence-corrected chi connectivity index (χ3v) is 2.76. The maximum atomic E-state index is 12.3. The number of nitrogens with zero attached hydrogens (tertiary/aromatic N) is 1. The summed E-state index contributed by atoms with van der Waals surface area (Å²) in [5.74, 6) is -0.484. The minimum absolute atomic E-state index is 0.0530. The first-order valence-corrected chi connectivity index (χ1v) is 6.29. The molecule has 0 spiro atoms. The van der Waals surface area contributed by atoms with Crippen molar-refractivity contribution in [1.29, 1.82) is 0 Å². The molecule has 0 heterocycles. The maximum absolute atomic E-state index is 12.3. The number of carbonyl (C=O) groups is 1. The molecule has 106 valence electrons. The van der Waals surface area contributed by atoms with Crippen LogP contribution in [0.2, 0.25) is 0 Å². The van der Waals surface area contributed by atoms with Crippen LogP contribution in [-0.2, 0) is 0 Å². The molecule has 19 heavy (non-hydrogen) atoms. The fourth-order valence-corrected chi connectivity index (χ4v) is 1.62. The van der Waals surface area contributed by atoms with Gasteiger partial charge < -0.3 is 9.64 Å². The minimum Gasteiger partial charge on any atom is -0.434 e. The molecular weight excluding hydrogens is 276 g/mol. The van der Waals surface area contributed by atoms with Gasteiger partial charge in [0, 0.05) is 19.0 Å². The van der Waals surface area contributed by atoms with E-state index in [0.717, 1.165) is 0 Å². The predicted molar refractivity (Wildman–Crippen MR) is 70.0 cm³/mol. The predicted octanol–water partition coefficient (Wildman–Crippen LogP) is 3.38. The van der Waals surface area contributed by atoms with Crippen molar-refractivity contribution in [2.45, 2.75) is 25.3 Å². The molecular formula is C13H16ClF2NO2. The molecule has 1 rings (SSSR count). The molecule has 3 nitrogen and oxygen atoms in total. The molecule has 1 aromatic rings. The van der Waals surface area contributed by atoms with Gasteiger partial charge in [-0.05, 0) is 25.5 Å². The Morgan fingerprint density at radius 3 is 2.63 bits per heavy atom. The lowest BCUT2D eigenvalue weighted by molar-refractivity contribution is -0.0502. The summed E-state index contributed by atoms with van der Waals surface area (Å²) in [7, 11) is 1.60. The van der Waals surface area contributed by atoms with Crippen LogP contribution < -0.4 is 4.74 Å². The Labute approximate surface area is 116 Å². The lowest BCUT2D eigenvalue weighted by Crippen LogP contribution is -2.29. The number of ether oxygens (including phenoxy) is 1. The topological polar surface area (TPSA) is 29.5 Å². The van der Waals surface area contributed by atoms with Gasteiger partial charge in [0.2, 0.25) is 0 Å². The standard InChI is InChI=1S/C13H16ClF2NO2/c1-9(14)7-8-17(2)12(18)10-5-3-4-6-11(10)19-13(15)16/h3-6,9,13H,7-8H2,1-2H3. The lowest BCUT2D eigenvalue weighted by atomic mass is 10.1.